The average Bonchev–Trinajstić information content (AvgIpc) is 3.44. The van der Waals surface area contributed by atoms with Gasteiger partial charge in [-0.25, -0.2) is 0 Å². The van der Waals surface area contributed by atoms with Crippen LogP contribution >= 0.6 is 11.8 Å². The maximum Gasteiger partial charge on any atom is 0.192 e. The van der Waals surface area contributed by atoms with Crippen LogP contribution in [0.3, 0.4) is 0 Å². The second-order valence-electron chi connectivity index (χ2n) is 7.79. The monoisotopic (exact) mass is 437 g/mol. The molecule has 0 amide bonds. The van der Waals surface area contributed by atoms with Gasteiger partial charge in [0.15, 0.2) is 16.8 Å². The highest BCUT2D eigenvalue weighted by Crippen LogP contribution is 2.28. The quantitative estimate of drug-likeness (QED) is 0.375. The number of carbonyl (C=O) groups is 1. The molecule has 2 heterocycles. The summed E-state index contributed by atoms with van der Waals surface area (Å²) < 4.78 is 13.2. The summed E-state index contributed by atoms with van der Waals surface area (Å²) in [6, 6.07) is 13.6. The van der Waals surface area contributed by atoms with E-state index in [1.165, 1.54) is 17.3 Å². The largest absolute Gasteiger partial charge is 0.497 e. The van der Waals surface area contributed by atoms with Crippen LogP contribution in [0.4, 0.5) is 0 Å². The van der Waals surface area contributed by atoms with Crippen LogP contribution in [0.25, 0.3) is 11.4 Å². The molecule has 1 aromatic heterocycles. The van der Waals surface area contributed by atoms with Crippen LogP contribution in [0.2, 0.25) is 0 Å². The maximum absolute atomic E-state index is 12.8. The van der Waals surface area contributed by atoms with Crippen molar-refractivity contribution in [3.8, 4) is 17.1 Å². The van der Waals surface area contributed by atoms with Gasteiger partial charge in [0, 0.05) is 17.7 Å². The van der Waals surface area contributed by atoms with Gasteiger partial charge in [-0.3, -0.25) is 9.36 Å². The lowest BCUT2D eigenvalue weighted by molar-refractivity contribution is 0.0953. The Morgan fingerprint density at radius 2 is 1.97 bits per heavy atom. The third-order valence-electron chi connectivity index (χ3n) is 5.64. The molecule has 0 aliphatic carbocycles. The third-order valence-corrected chi connectivity index (χ3v) is 6.60. The Bertz CT molecular complexity index is 1060. The van der Waals surface area contributed by atoms with Gasteiger partial charge in [-0.2, -0.15) is 0 Å². The summed E-state index contributed by atoms with van der Waals surface area (Å²) in [5.74, 6) is 1.97. The number of hydrogen-bond donors (Lipinski definition) is 0. The molecule has 1 atom stereocenters. The molecule has 0 bridgehead atoms. The highest BCUT2D eigenvalue weighted by molar-refractivity contribution is 7.99. The average molecular weight is 438 g/mol. The van der Waals surface area contributed by atoms with Crippen molar-refractivity contribution in [2.24, 2.45) is 0 Å². The Morgan fingerprint density at radius 3 is 2.65 bits per heavy atom. The van der Waals surface area contributed by atoms with E-state index in [1.54, 1.807) is 7.11 Å². The van der Waals surface area contributed by atoms with Gasteiger partial charge >= 0.3 is 0 Å². The van der Waals surface area contributed by atoms with Crippen LogP contribution in [-0.4, -0.2) is 46.1 Å². The molecule has 2 aromatic carbocycles. The Balaban J connectivity index is 1.56. The molecule has 1 fully saturated rings. The summed E-state index contributed by atoms with van der Waals surface area (Å²) in [7, 11) is 1.65. The summed E-state index contributed by atoms with van der Waals surface area (Å²) in [5, 5.41) is 9.59. The Labute approximate surface area is 187 Å². The summed E-state index contributed by atoms with van der Waals surface area (Å²) in [6.07, 6.45) is 2.23. The first-order chi connectivity index (χ1) is 15.0. The van der Waals surface area contributed by atoms with Crippen molar-refractivity contribution in [2.45, 2.75) is 44.5 Å². The number of benzene rings is 2. The zero-order valence-corrected chi connectivity index (χ0v) is 18.9. The SMILES string of the molecule is COc1ccc(-c2nnc(SCC(=O)c3ccc(C)c(C)c3)n2CC2CCCO2)cc1. The van der Waals surface area contributed by atoms with Crippen LogP contribution in [-0.2, 0) is 11.3 Å². The van der Waals surface area contributed by atoms with E-state index < -0.39 is 0 Å². The van der Waals surface area contributed by atoms with Crippen molar-refractivity contribution in [1.29, 1.82) is 0 Å². The predicted molar refractivity (Wildman–Crippen MR) is 122 cm³/mol. The second-order valence-corrected chi connectivity index (χ2v) is 8.73. The summed E-state index contributed by atoms with van der Waals surface area (Å²) in [4.78, 5) is 12.8. The Kier molecular flexibility index (Phi) is 6.73. The smallest absolute Gasteiger partial charge is 0.192 e. The summed E-state index contributed by atoms with van der Waals surface area (Å²) in [6.45, 7) is 5.54. The fourth-order valence-electron chi connectivity index (χ4n) is 3.63. The van der Waals surface area contributed by atoms with Crippen molar-refractivity contribution in [3.05, 3.63) is 59.2 Å². The molecule has 162 valence electrons. The van der Waals surface area contributed by atoms with E-state index >= 15 is 0 Å². The molecule has 7 heteroatoms. The van der Waals surface area contributed by atoms with Crippen molar-refractivity contribution in [3.63, 3.8) is 0 Å². The normalized spacial score (nSPS) is 15.9. The minimum Gasteiger partial charge on any atom is -0.497 e. The lowest BCUT2D eigenvalue weighted by Crippen LogP contribution is -2.17. The fourth-order valence-corrected chi connectivity index (χ4v) is 4.48. The van der Waals surface area contributed by atoms with Gasteiger partial charge in [0.1, 0.15) is 5.75 Å². The first-order valence-electron chi connectivity index (χ1n) is 10.5. The van der Waals surface area contributed by atoms with Gasteiger partial charge in [-0.15, -0.1) is 10.2 Å². The molecule has 0 radical (unpaired) electrons. The van der Waals surface area contributed by atoms with Crippen LogP contribution in [0.5, 0.6) is 5.75 Å². The molecule has 1 saturated heterocycles. The van der Waals surface area contributed by atoms with Crippen molar-refractivity contribution >= 4 is 17.5 Å². The van der Waals surface area contributed by atoms with E-state index in [2.05, 4.69) is 14.8 Å². The third kappa shape index (κ3) is 4.99. The van der Waals surface area contributed by atoms with Crippen molar-refractivity contribution < 1.29 is 14.3 Å². The van der Waals surface area contributed by atoms with Gasteiger partial charge in [0.05, 0.1) is 25.5 Å². The molecule has 0 N–H and O–H groups in total. The minimum atomic E-state index is 0.0887. The van der Waals surface area contributed by atoms with E-state index in [0.717, 1.165) is 52.9 Å². The molecule has 1 aliphatic heterocycles. The van der Waals surface area contributed by atoms with Crippen LogP contribution in [0.15, 0.2) is 47.6 Å². The predicted octanol–water partition coefficient (Wildman–Crippen LogP) is 4.72. The van der Waals surface area contributed by atoms with Crippen LogP contribution in [0, 0.1) is 13.8 Å². The van der Waals surface area contributed by atoms with Gasteiger partial charge in [0.25, 0.3) is 0 Å². The summed E-state index contributed by atoms with van der Waals surface area (Å²) in [5.41, 5.74) is 4.00. The molecule has 31 heavy (non-hydrogen) atoms. The Morgan fingerprint density at radius 1 is 1.16 bits per heavy atom. The highest BCUT2D eigenvalue weighted by Gasteiger charge is 2.22. The molecular formula is C24H27N3O3S. The number of Topliss-reactive ketones (excluding diaryl/α,β-unsaturated/α-hetero) is 1. The van der Waals surface area contributed by atoms with Gasteiger partial charge < -0.3 is 9.47 Å². The standard InChI is InChI=1S/C24H27N3O3S/c1-16-6-7-19(13-17(16)2)22(28)15-31-24-26-25-23(18-8-10-20(29-3)11-9-18)27(24)14-21-5-4-12-30-21/h6-11,13,21H,4-5,12,14-15H2,1-3H3. The minimum absolute atomic E-state index is 0.0887. The number of ketones is 1. The van der Waals surface area contributed by atoms with Crippen molar-refractivity contribution in [1.82, 2.24) is 14.8 Å². The van der Waals surface area contributed by atoms with Gasteiger partial charge in [-0.1, -0.05) is 23.9 Å². The zero-order valence-electron chi connectivity index (χ0n) is 18.1. The molecule has 6 nitrogen and oxygen atoms in total. The van der Waals surface area contributed by atoms with E-state index in [4.69, 9.17) is 9.47 Å². The zero-order chi connectivity index (χ0) is 21.8. The molecule has 0 spiro atoms. The molecule has 1 unspecified atom stereocenters. The van der Waals surface area contributed by atoms with Crippen molar-refractivity contribution in [2.75, 3.05) is 19.5 Å². The first-order valence-corrected chi connectivity index (χ1v) is 11.5. The lowest BCUT2D eigenvalue weighted by atomic mass is 10.0. The number of aromatic nitrogens is 3. The second kappa shape index (κ2) is 9.66. The number of rotatable bonds is 8. The topological polar surface area (TPSA) is 66.2 Å². The molecule has 1 aliphatic rings. The fraction of sp³-hybridized carbons (Fsp3) is 0.375. The number of thioether (sulfide) groups is 1. The number of aryl methyl sites for hydroxylation is 2. The highest BCUT2D eigenvalue weighted by atomic mass is 32.2. The number of hydrogen-bond acceptors (Lipinski definition) is 6. The Hall–Kier alpha value is -2.64. The van der Waals surface area contributed by atoms with Gasteiger partial charge in [-0.05, 0) is 68.1 Å². The molecular weight excluding hydrogens is 410 g/mol. The lowest BCUT2D eigenvalue weighted by Gasteiger charge is -2.15. The maximum atomic E-state index is 12.8. The van der Waals surface area contributed by atoms with Crippen LogP contribution in [0.1, 0.15) is 34.3 Å². The number of nitrogens with zero attached hydrogens (tertiary/aromatic N) is 3. The van der Waals surface area contributed by atoms with E-state index in [0.29, 0.717) is 12.3 Å². The number of methoxy groups -OCH3 is 1. The molecule has 3 aromatic rings. The van der Waals surface area contributed by atoms with Gasteiger partial charge in [0.2, 0.25) is 0 Å². The van der Waals surface area contributed by atoms with Crippen LogP contribution < -0.4 is 4.74 Å². The number of ether oxygens (including phenoxy) is 2. The molecule has 0 saturated carbocycles. The van der Waals surface area contributed by atoms with E-state index in [-0.39, 0.29) is 11.9 Å². The van der Waals surface area contributed by atoms with E-state index in [1.807, 2.05) is 56.3 Å². The molecule has 4 rings (SSSR count). The first kappa shape index (κ1) is 21.6. The number of carbonyl (C=O) groups excluding carboxylic acids is 1. The summed E-state index contributed by atoms with van der Waals surface area (Å²) >= 11 is 1.43. The van der Waals surface area contributed by atoms with E-state index in [9.17, 15) is 4.79 Å².